The van der Waals surface area contributed by atoms with Gasteiger partial charge in [0, 0.05) is 0 Å². The van der Waals surface area contributed by atoms with Crippen LogP contribution in [0.1, 0.15) is 20.8 Å². The molecule has 4 N–H and O–H groups in total. The molecule has 0 aromatic heterocycles. The maximum absolute atomic E-state index is 12.7. The Balaban J connectivity index is 2.16. The van der Waals surface area contributed by atoms with Gasteiger partial charge in [0.1, 0.15) is 18.6 Å². The lowest BCUT2D eigenvalue weighted by molar-refractivity contribution is -0.141. The Morgan fingerprint density at radius 1 is 1.15 bits per heavy atom. The molecule has 0 fully saturated rings. The monoisotopic (exact) mass is 362 g/mol. The van der Waals surface area contributed by atoms with Crippen LogP contribution < -0.4 is 20.9 Å². The molecule has 2 unspecified atom stereocenters. The molecule has 0 bridgehead atoms. The smallest absolute Gasteiger partial charge is 0.325 e. The third-order valence-electron chi connectivity index (χ3n) is 3.97. The first kappa shape index (κ1) is 19.2. The molecule has 0 saturated carbocycles. The molecule has 1 aromatic rings. The summed E-state index contributed by atoms with van der Waals surface area (Å²) < 4.78 is 0. The van der Waals surface area contributed by atoms with Crippen molar-refractivity contribution in [2.75, 3.05) is 16.8 Å². The topological polar surface area (TPSA) is 128 Å². The van der Waals surface area contributed by atoms with Gasteiger partial charge in [0.15, 0.2) is 0 Å². The zero-order valence-corrected chi connectivity index (χ0v) is 14.8. The Bertz CT molecular complexity index is 734. The average Bonchev–Trinajstić information content (AvgIpc) is 2.57. The van der Waals surface area contributed by atoms with Gasteiger partial charge >= 0.3 is 12.0 Å². The van der Waals surface area contributed by atoms with Gasteiger partial charge in [-0.1, -0.05) is 26.0 Å². The molecule has 1 heterocycles. The van der Waals surface area contributed by atoms with E-state index in [1.54, 1.807) is 38.1 Å². The summed E-state index contributed by atoms with van der Waals surface area (Å²) in [6.45, 7) is 4.62. The number of nitrogens with one attached hydrogen (secondary N) is 3. The zero-order valence-electron chi connectivity index (χ0n) is 14.8. The van der Waals surface area contributed by atoms with E-state index in [9.17, 15) is 19.2 Å². The number of nitrogens with zero attached hydrogens (tertiary/aromatic N) is 1. The fourth-order valence-corrected chi connectivity index (χ4v) is 2.53. The molecular weight excluding hydrogens is 340 g/mol. The molecule has 2 rings (SSSR count). The number of hydrogen-bond acceptors (Lipinski definition) is 4. The second kappa shape index (κ2) is 7.85. The summed E-state index contributed by atoms with van der Waals surface area (Å²) in [6.07, 6.45) is 0. The van der Waals surface area contributed by atoms with Gasteiger partial charge in [-0.05, 0) is 25.0 Å². The second-order valence-electron chi connectivity index (χ2n) is 6.39. The number of urea groups is 1. The van der Waals surface area contributed by atoms with Crippen LogP contribution in [0.15, 0.2) is 24.3 Å². The number of carboxylic acids is 1. The standard InChI is InChI=1S/C17H22N4O5/c1-9(2)14(15(23)18-10(3)16(24)25)20-17(26)21-8-13(22)19-11-6-4-5-7-12(11)21/h4-7,9-10,14H,8H2,1-3H3,(H,18,23)(H,19,22)(H,20,26)(H,24,25). The quantitative estimate of drug-likeness (QED) is 0.615. The average molecular weight is 362 g/mol. The molecule has 1 aliphatic rings. The largest absolute Gasteiger partial charge is 0.480 e. The number of benzene rings is 1. The molecule has 9 nitrogen and oxygen atoms in total. The summed E-state index contributed by atoms with van der Waals surface area (Å²) in [7, 11) is 0. The lowest BCUT2D eigenvalue weighted by Crippen LogP contribution is -2.57. The van der Waals surface area contributed by atoms with Crippen LogP contribution >= 0.6 is 0 Å². The Morgan fingerprint density at radius 3 is 2.42 bits per heavy atom. The van der Waals surface area contributed by atoms with Crippen molar-refractivity contribution >= 4 is 35.2 Å². The number of rotatable bonds is 5. The lowest BCUT2D eigenvalue weighted by Gasteiger charge is -2.31. The van der Waals surface area contributed by atoms with Crippen molar-refractivity contribution in [3.63, 3.8) is 0 Å². The van der Waals surface area contributed by atoms with E-state index in [1.165, 1.54) is 11.8 Å². The van der Waals surface area contributed by atoms with Gasteiger partial charge in [-0.2, -0.15) is 0 Å². The van der Waals surface area contributed by atoms with Crippen molar-refractivity contribution in [2.24, 2.45) is 5.92 Å². The zero-order chi connectivity index (χ0) is 19.4. The van der Waals surface area contributed by atoms with Crippen LogP contribution in [0.5, 0.6) is 0 Å². The SMILES string of the molecule is CC(NC(=O)C(NC(=O)N1CC(=O)Nc2ccccc21)C(C)C)C(=O)O. The van der Waals surface area contributed by atoms with E-state index in [0.29, 0.717) is 11.4 Å². The van der Waals surface area contributed by atoms with Crippen LogP contribution in [0.4, 0.5) is 16.2 Å². The predicted molar refractivity (Wildman–Crippen MR) is 94.8 cm³/mol. The van der Waals surface area contributed by atoms with Crippen LogP contribution in [0.25, 0.3) is 0 Å². The van der Waals surface area contributed by atoms with Gasteiger partial charge in [-0.3, -0.25) is 19.3 Å². The number of carbonyl (C=O) groups is 4. The maximum Gasteiger partial charge on any atom is 0.325 e. The van der Waals surface area contributed by atoms with Gasteiger partial charge in [0.05, 0.1) is 11.4 Å². The second-order valence-corrected chi connectivity index (χ2v) is 6.39. The minimum absolute atomic E-state index is 0.180. The van der Waals surface area contributed by atoms with E-state index in [0.717, 1.165) is 0 Å². The van der Waals surface area contributed by atoms with E-state index < -0.39 is 30.0 Å². The van der Waals surface area contributed by atoms with Crippen LogP contribution in [0.2, 0.25) is 0 Å². The first-order valence-electron chi connectivity index (χ1n) is 8.20. The van der Waals surface area contributed by atoms with Crippen molar-refractivity contribution < 1.29 is 24.3 Å². The molecule has 26 heavy (non-hydrogen) atoms. The number of para-hydroxylation sites is 2. The highest BCUT2D eigenvalue weighted by Gasteiger charge is 2.32. The number of fused-ring (bicyclic) bond motifs is 1. The fourth-order valence-electron chi connectivity index (χ4n) is 2.53. The van der Waals surface area contributed by atoms with Gasteiger partial charge in [-0.15, -0.1) is 0 Å². The van der Waals surface area contributed by atoms with E-state index in [4.69, 9.17) is 5.11 Å². The minimum atomic E-state index is -1.17. The summed E-state index contributed by atoms with van der Waals surface area (Å²) in [6, 6.07) is 4.20. The lowest BCUT2D eigenvalue weighted by atomic mass is 10.0. The Labute approximate surface area is 150 Å². The molecule has 140 valence electrons. The Hall–Kier alpha value is -3.10. The first-order valence-corrected chi connectivity index (χ1v) is 8.20. The van der Waals surface area contributed by atoms with E-state index >= 15 is 0 Å². The van der Waals surface area contributed by atoms with Crippen LogP contribution in [0, 0.1) is 5.92 Å². The molecule has 0 saturated heterocycles. The van der Waals surface area contributed by atoms with Crippen LogP contribution in [0.3, 0.4) is 0 Å². The van der Waals surface area contributed by atoms with Crippen molar-refractivity contribution in [3.05, 3.63) is 24.3 Å². The first-order chi connectivity index (χ1) is 12.2. The minimum Gasteiger partial charge on any atom is -0.480 e. The molecule has 0 spiro atoms. The predicted octanol–water partition coefficient (Wildman–Crippen LogP) is 0.769. The number of hydrogen-bond donors (Lipinski definition) is 4. The van der Waals surface area contributed by atoms with Crippen molar-refractivity contribution in [1.82, 2.24) is 10.6 Å². The number of aliphatic carboxylic acids is 1. The third-order valence-corrected chi connectivity index (χ3v) is 3.97. The Morgan fingerprint density at radius 2 is 1.81 bits per heavy atom. The van der Waals surface area contributed by atoms with Crippen molar-refractivity contribution in [1.29, 1.82) is 0 Å². The van der Waals surface area contributed by atoms with Gasteiger partial charge < -0.3 is 21.1 Å². The van der Waals surface area contributed by atoms with E-state index in [-0.39, 0.29) is 18.4 Å². The molecular formula is C17H22N4O5. The molecule has 9 heteroatoms. The van der Waals surface area contributed by atoms with Crippen molar-refractivity contribution in [3.8, 4) is 0 Å². The van der Waals surface area contributed by atoms with E-state index in [2.05, 4.69) is 16.0 Å². The van der Waals surface area contributed by atoms with Gasteiger partial charge in [-0.25, -0.2) is 4.79 Å². The Kier molecular flexibility index (Phi) is 5.81. The third kappa shape index (κ3) is 4.29. The van der Waals surface area contributed by atoms with Crippen molar-refractivity contribution in [2.45, 2.75) is 32.9 Å². The number of carboxylic acid groups (broad SMARTS) is 1. The highest BCUT2D eigenvalue weighted by molar-refractivity contribution is 6.10. The summed E-state index contributed by atoms with van der Waals surface area (Å²) >= 11 is 0. The molecule has 1 aliphatic heterocycles. The molecule has 1 aromatic carbocycles. The number of anilines is 2. The molecule has 4 amide bonds. The molecule has 0 radical (unpaired) electrons. The van der Waals surface area contributed by atoms with Gasteiger partial charge in [0.25, 0.3) is 0 Å². The van der Waals surface area contributed by atoms with Gasteiger partial charge in [0.2, 0.25) is 11.8 Å². The van der Waals surface area contributed by atoms with E-state index in [1.807, 2.05) is 0 Å². The highest BCUT2D eigenvalue weighted by Crippen LogP contribution is 2.28. The summed E-state index contributed by atoms with van der Waals surface area (Å²) in [4.78, 5) is 49.0. The summed E-state index contributed by atoms with van der Waals surface area (Å²) in [5.41, 5.74) is 1.02. The summed E-state index contributed by atoms with van der Waals surface area (Å²) in [5, 5.41) is 16.5. The number of carbonyl (C=O) groups excluding carboxylic acids is 3. The molecule has 2 atom stereocenters. The highest BCUT2D eigenvalue weighted by atomic mass is 16.4. The number of amides is 4. The van der Waals surface area contributed by atoms with Crippen LogP contribution in [-0.2, 0) is 14.4 Å². The fraction of sp³-hybridized carbons (Fsp3) is 0.412. The maximum atomic E-state index is 12.7. The molecule has 0 aliphatic carbocycles. The summed E-state index contributed by atoms with van der Waals surface area (Å²) in [5.74, 6) is -2.40. The van der Waals surface area contributed by atoms with Crippen LogP contribution in [-0.4, -0.2) is 47.5 Å². The normalized spacial score (nSPS) is 15.5.